The number of allylic oxidation sites excluding steroid dienone is 4. The average Bonchev–Trinajstić information content (AvgIpc) is 2.32. The van der Waals surface area contributed by atoms with Crippen molar-refractivity contribution in [3.05, 3.63) is 36.5 Å². The van der Waals surface area contributed by atoms with E-state index in [1.165, 1.54) is 0 Å². The van der Waals surface area contributed by atoms with E-state index in [0.29, 0.717) is 5.92 Å². The molecule has 92 valence electrons. The summed E-state index contributed by atoms with van der Waals surface area (Å²) in [5.41, 5.74) is 0.237. The van der Waals surface area contributed by atoms with Crippen molar-refractivity contribution >= 4 is 0 Å². The SMILES string of the molecule is C=C/C(F)=C(/F)C(=C)C(C)CCC(C)CC. The Kier molecular flexibility index (Phi) is 6.95. The van der Waals surface area contributed by atoms with Crippen LogP contribution in [0.15, 0.2) is 36.5 Å². The lowest BCUT2D eigenvalue weighted by Crippen LogP contribution is -2.03. The van der Waals surface area contributed by atoms with Crippen LogP contribution in [0, 0.1) is 11.8 Å². The van der Waals surface area contributed by atoms with Crippen molar-refractivity contribution < 1.29 is 8.78 Å². The van der Waals surface area contributed by atoms with Gasteiger partial charge in [-0.1, -0.05) is 46.8 Å². The van der Waals surface area contributed by atoms with Gasteiger partial charge in [0.15, 0.2) is 11.7 Å². The molecule has 0 saturated heterocycles. The highest BCUT2D eigenvalue weighted by Crippen LogP contribution is 2.28. The molecule has 0 aromatic carbocycles. The van der Waals surface area contributed by atoms with Crippen LogP contribution in [0.2, 0.25) is 0 Å². The van der Waals surface area contributed by atoms with Crippen LogP contribution in [0.1, 0.15) is 40.0 Å². The fourth-order valence-electron chi connectivity index (χ4n) is 1.37. The van der Waals surface area contributed by atoms with Gasteiger partial charge in [-0.05, 0) is 29.9 Å². The van der Waals surface area contributed by atoms with Crippen LogP contribution in [0.4, 0.5) is 8.78 Å². The Hall–Kier alpha value is -0.920. The molecule has 0 saturated carbocycles. The van der Waals surface area contributed by atoms with E-state index in [1.54, 1.807) is 0 Å². The van der Waals surface area contributed by atoms with E-state index in [2.05, 4.69) is 27.0 Å². The van der Waals surface area contributed by atoms with E-state index in [-0.39, 0.29) is 11.5 Å². The summed E-state index contributed by atoms with van der Waals surface area (Å²) in [6.07, 6.45) is 3.84. The van der Waals surface area contributed by atoms with Gasteiger partial charge in [-0.15, -0.1) is 0 Å². The Labute approximate surface area is 97.7 Å². The molecule has 0 aromatic rings. The van der Waals surface area contributed by atoms with Gasteiger partial charge in [0, 0.05) is 0 Å². The summed E-state index contributed by atoms with van der Waals surface area (Å²) in [6.45, 7) is 13.0. The standard InChI is InChI=1S/C14H22F2/c1-6-10(3)8-9-11(4)12(5)14(16)13(15)7-2/h7,10-11H,2,5-6,8-9H2,1,3-4H3/b14-13-. The highest BCUT2D eigenvalue weighted by Gasteiger charge is 2.15. The summed E-state index contributed by atoms with van der Waals surface area (Å²) < 4.78 is 26.3. The summed E-state index contributed by atoms with van der Waals surface area (Å²) in [4.78, 5) is 0. The first-order valence-electron chi connectivity index (χ1n) is 5.80. The molecule has 16 heavy (non-hydrogen) atoms. The monoisotopic (exact) mass is 228 g/mol. The lowest BCUT2D eigenvalue weighted by atomic mass is 9.91. The second kappa shape index (κ2) is 7.37. The van der Waals surface area contributed by atoms with Gasteiger partial charge in [0.05, 0.1) is 0 Å². The quantitative estimate of drug-likeness (QED) is 0.516. The van der Waals surface area contributed by atoms with E-state index in [0.717, 1.165) is 25.3 Å². The molecule has 0 aliphatic carbocycles. The molecule has 2 heteroatoms. The summed E-state index contributed by atoms with van der Waals surface area (Å²) in [6, 6.07) is 0. The van der Waals surface area contributed by atoms with Gasteiger partial charge in [0.25, 0.3) is 0 Å². The maximum absolute atomic E-state index is 13.4. The zero-order chi connectivity index (χ0) is 12.7. The van der Waals surface area contributed by atoms with E-state index < -0.39 is 11.7 Å². The molecule has 0 radical (unpaired) electrons. The Morgan fingerprint density at radius 2 is 1.81 bits per heavy atom. The number of halogens is 2. The first-order valence-corrected chi connectivity index (χ1v) is 5.80. The van der Waals surface area contributed by atoms with Gasteiger partial charge in [-0.25, -0.2) is 8.78 Å². The third kappa shape index (κ3) is 4.73. The summed E-state index contributed by atoms with van der Waals surface area (Å²) in [7, 11) is 0. The maximum Gasteiger partial charge on any atom is 0.161 e. The topological polar surface area (TPSA) is 0 Å². The molecule has 0 heterocycles. The second-order valence-corrected chi connectivity index (χ2v) is 4.38. The maximum atomic E-state index is 13.4. The van der Waals surface area contributed by atoms with Gasteiger partial charge in [0.1, 0.15) is 0 Å². The van der Waals surface area contributed by atoms with Crippen LogP contribution in [-0.4, -0.2) is 0 Å². The van der Waals surface area contributed by atoms with Crippen molar-refractivity contribution in [2.45, 2.75) is 40.0 Å². The molecule has 0 nitrogen and oxygen atoms in total. The van der Waals surface area contributed by atoms with Crippen molar-refractivity contribution in [2.75, 3.05) is 0 Å². The van der Waals surface area contributed by atoms with Crippen LogP contribution >= 0.6 is 0 Å². The minimum Gasteiger partial charge on any atom is -0.204 e. The minimum atomic E-state index is -0.916. The molecule has 0 aromatic heterocycles. The Balaban J connectivity index is 4.35. The van der Waals surface area contributed by atoms with E-state index in [4.69, 9.17) is 0 Å². The average molecular weight is 228 g/mol. The molecule has 0 aliphatic heterocycles. The fraction of sp³-hybridized carbons (Fsp3) is 0.571. The zero-order valence-corrected chi connectivity index (χ0v) is 10.5. The summed E-state index contributed by atoms with van der Waals surface area (Å²) in [5, 5.41) is 0. The van der Waals surface area contributed by atoms with Crippen LogP contribution < -0.4 is 0 Å². The van der Waals surface area contributed by atoms with Gasteiger partial charge >= 0.3 is 0 Å². The summed E-state index contributed by atoms with van der Waals surface area (Å²) >= 11 is 0. The molecule has 0 N–H and O–H groups in total. The zero-order valence-electron chi connectivity index (χ0n) is 10.5. The van der Waals surface area contributed by atoms with Crippen molar-refractivity contribution in [2.24, 2.45) is 11.8 Å². The molecule has 0 fully saturated rings. The van der Waals surface area contributed by atoms with Crippen molar-refractivity contribution in [3.63, 3.8) is 0 Å². The third-order valence-corrected chi connectivity index (χ3v) is 3.06. The van der Waals surface area contributed by atoms with E-state index in [9.17, 15) is 8.78 Å². The van der Waals surface area contributed by atoms with Gasteiger partial charge in [0.2, 0.25) is 0 Å². The molecule has 0 spiro atoms. The summed E-state index contributed by atoms with van der Waals surface area (Å²) in [5.74, 6) is -1.18. The smallest absolute Gasteiger partial charge is 0.161 e. The fourth-order valence-corrected chi connectivity index (χ4v) is 1.37. The molecular weight excluding hydrogens is 206 g/mol. The second-order valence-electron chi connectivity index (χ2n) is 4.38. The Morgan fingerprint density at radius 3 is 2.25 bits per heavy atom. The predicted octanol–water partition coefficient (Wildman–Crippen LogP) is 5.34. The lowest BCUT2D eigenvalue weighted by molar-refractivity contribution is 0.441. The minimum absolute atomic E-state index is 0.0281. The van der Waals surface area contributed by atoms with Crippen LogP contribution in [0.3, 0.4) is 0 Å². The van der Waals surface area contributed by atoms with Crippen molar-refractivity contribution in [3.8, 4) is 0 Å². The Bertz CT molecular complexity index is 276. The van der Waals surface area contributed by atoms with E-state index in [1.807, 2.05) is 6.92 Å². The van der Waals surface area contributed by atoms with Gasteiger partial charge in [-0.3, -0.25) is 0 Å². The largest absolute Gasteiger partial charge is 0.204 e. The molecule has 2 unspecified atom stereocenters. The highest BCUT2D eigenvalue weighted by atomic mass is 19.2. The molecule has 2 atom stereocenters. The van der Waals surface area contributed by atoms with Gasteiger partial charge in [-0.2, -0.15) is 0 Å². The van der Waals surface area contributed by atoms with Crippen molar-refractivity contribution in [1.29, 1.82) is 0 Å². The normalized spacial score (nSPS) is 16.3. The first kappa shape index (κ1) is 15.1. The molecule has 0 amide bonds. The number of hydrogen-bond acceptors (Lipinski definition) is 0. The molecule has 0 aliphatic rings. The first-order chi connectivity index (χ1) is 7.43. The van der Waals surface area contributed by atoms with E-state index >= 15 is 0 Å². The van der Waals surface area contributed by atoms with Crippen LogP contribution in [0.5, 0.6) is 0 Å². The number of rotatable bonds is 7. The molecular formula is C14H22F2. The van der Waals surface area contributed by atoms with Crippen LogP contribution in [-0.2, 0) is 0 Å². The van der Waals surface area contributed by atoms with Crippen LogP contribution in [0.25, 0.3) is 0 Å². The molecule has 0 rings (SSSR count). The predicted molar refractivity (Wildman–Crippen MR) is 66.4 cm³/mol. The molecule has 0 bridgehead atoms. The third-order valence-electron chi connectivity index (χ3n) is 3.06. The van der Waals surface area contributed by atoms with Gasteiger partial charge < -0.3 is 0 Å². The Morgan fingerprint density at radius 1 is 1.25 bits per heavy atom. The van der Waals surface area contributed by atoms with Crippen molar-refractivity contribution in [1.82, 2.24) is 0 Å². The lowest BCUT2D eigenvalue weighted by Gasteiger charge is -2.15. The highest BCUT2D eigenvalue weighted by molar-refractivity contribution is 5.30. The number of hydrogen-bond donors (Lipinski definition) is 0.